The van der Waals surface area contributed by atoms with Crippen molar-refractivity contribution in [3.63, 3.8) is 0 Å². The number of carbonyl (C=O) groups is 5. The van der Waals surface area contributed by atoms with Crippen molar-refractivity contribution in [1.29, 1.82) is 0 Å². The molecule has 1 aliphatic heterocycles. The number of hydrogen-bond donors (Lipinski definition) is 2. The van der Waals surface area contributed by atoms with Crippen LogP contribution in [0.15, 0.2) is 52.6 Å². The van der Waals surface area contributed by atoms with Gasteiger partial charge in [0.05, 0.1) is 11.8 Å². The summed E-state index contributed by atoms with van der Waals surface area (Å²) in [6.45, 7) is 1.54. The number of carboxylic acid groups (broad SMARTS) is 1. The Hall–Kier alpha value is -3.88. The second kappa shape index (κ2) is 8.65. The van der Waals surface area contributed by atoms with Gasteiger partial charge < -0.3 is 10.2 Å². The van der Waals surface area contributed by atoms with Gasteiger partial charge in [0, 0.05) is 35.6 Å². The van der Waals surface area contributed by atoms with Gasteiger partial charge in [0.25, 0.3) is 0 Å². The Balaban J connectivity index is 1.58. The summed E-state index contributed by atoms with van der Waals surface area (Å²) in [5.41, 5.74) is 1.84. The fraction of sp³-hybridized carbons (Fsp3) is 0.370. The highest BCUT2D eigenvalue weighted by Gasteiger charge is 2.56. The normalized spacial score (nSPS) is 27.4. The smallest absolute Gasteiger partial charge is 0.303 e. The molecule has 4 unspecified atom stereocenters. The molecule has 0 aromatic heterocycles. The summed E-state index contributed by atoms with van der Waals surface area (Å²) in [5.74, 6) is -6.61. The molecule has 8 nitrogen and oxygen atoms in total. The minimum Gasteiger partial charge on any atom is -0.505 e. The first-order valence-electron chi connectivity index (χ1n) is 11.9. The molecule has 9 heteroatoms. The first kappa shape index (κ1) is 23.8. The topological polar surface area (TPSA) is 129 Å². The van der Waals surface area contributed by atoms with Crippen molar-refractivity contribution in [2.45, 2.75) is 38.5 Å². The fourth-order valence-electron chi connectivity index (χ4n) is 6.12. The van der Waals surface area contributed by atoms with Crippen LogP contribution in [0.3, 0.4) is 0 Å². The van der Waals surface area contributed by atoms with Crippen LogP contribution in [0.25, 0.3) is 0 Å². The number of hydrogen-bond acceptors (Lipinski definition) is 6. The zero-order valence-corrected chi connectivity index (χ0v) is 19.5. The molecule has 0 saturated carbocycles. The SMILES string of the molecule is CC1=CC(=O)C2=C(C1=O)C(c1ccc(O)c(F)c1)C1=CCC3C(=O)N(CCCC(=O)O)C(=O)C3C1C2. The van der Waals surface area contributed by atoms with Crippen molar-refractivity contribution < 1.29 is 38.6 Å². The highest BCUT2D eigenvalue weighted by atomic mass is 19.1. The van der Waals surface area contributed by atoms with Gasteiger partial charge in [-0.25, -0.2) is 4.39 Å². The average Bonchev–Trinajstić information content (AvgIpc) is 3.08. The number of nitrogens with zero attached hydrogens (tertiary/aromatic N) is 1. The first-order valence-corrected chi connectivity index (χ1v) is 11.9. The highest BCUT2D eigenvalue weighted by Crippen LogP contribution is 2.55. The second-order valence-electron chi connectivity index (χ2n) is 9.76. The van der Waals surface area contributed by atoms with Gasteiger partial charge in [-0.3, -0.25) is 28.9 Å². The van der Waals surface area contributed by atoms with E-state index < -0.39 is 47.1 Å². The summed E-state index contributed by atoms with van der Waals surface area (Å²) in [4.78, 5) is 64.8. The predicted octanol–water partition coefficient (Wildman–Crippen LogP) is 2.83. The molecule has 4 aliphatic rings. The molecule has 1 aromatic carbocycles. The number of fused-ring (bicyclic) bond motifs is 3. The Kier molecular flexibility index (Phi) is 5.73. The Morgan fingerprint density at radius 1 is 1.14 bits per heavy atom. The third-order valence-electron chi connectivity index (χ3n) is 7.73. The first-order chi connectivity index (χ1) is 17.1. The van der Waals surface area contributed by atoms with Gasteiger partial charge in [-0.2, -0.15) is 0 Å². The molecule has 0 spiro atoms. The molecule has 1 fully saturated rings. The van der Waals surface area contributed by atoms with Crippen LogP contribution in [0.1, 0.15) is 44.1 Å². The molecule has 36 heavy (non-hydrogen) atoms. The van der Waals surface area contributed by atoms with Crippen LogP contribution in [0.4, 0.5) is 4.39 Å². The molecule has 2 amide bonds. The molecule has 1 saturated heterocycles. The number of carboxylic acids is 1. The van der Waals surface area contributed by atoms with E-state index in [4.69, 9.17) is 5.11 Å². The van der Waals surface area contributed by atoms with E-state index in [1.807, 2.05) is 6.08 Å². The molecule has 3 aliphatic carbocycles. The van der Waals surface area contributed by atoms with Crippen molar-refractivity contribution in [3.05, 3.63) is 64.0 Å². The van der Waals surface area contributed by atoms with Crippen LogP contribution in [-0.2, 0) is 24.0 Å². The number of amides is 2. The monoisotopic (exact) mass is 493 g/mol. The number of benzene rings is 1. The maximum absolute atomic E-state index is 14.4. The quantitative estimate of drug-likeness (QED) is 0.367. The number of imide groups is 1. The number of ketones is 2. The van der Waals surface area contributed by atoms with Crippen LogP contribution < -0.4 is 0 Å². The van der Waals surface area contributed by atoms with Crippen LogP contribution >= 0.6 is 0 Å². The van der Waals surface area contributed by atoms with E-state index in [-0.39, 0.29) is 66.4 Å². The lowest BCUT2D eigenvalue weighted by atomic mass is 9.59. The van der Waals surface area contributed by atoms with Gasteiger partial charge >= 0.3 is 5.97 Å². The maximum Gasteiger partial charge on any atom is 0.303 e. The summed E-state index contributed by atoms with van der Waals surface area (Å²) < 4.78 is 14.4. The molecule has 0 bridgehead atoms. The molecular weight excluding hydrogens is 469 g/mol. The molecule has 4 atom stereocenters. The summed E-state index contributed by atoms with van der Waals surface area (Å²) in [6, 6.07) is 3.81. The van der Waals surface area contributed by atoms with E-state index in [2.05, 4.69) is 0 Å². The number of phenolic OH excluding ortho intramolecular Hbond substituents is 1. The van der Waals surface area contributed by atoms with E-state index >= 15 is 0 Å². The third-order valence-corrected chi connectivity index (χ3v) is 7.73. The number of rotatable bonds is 5. The molecule has 2 N–H and O–H groups in total. The molecule has 186 valence electrons. The predicted molar refractivity (Wildman–Crippen MR) is 123 cm³/mol. The van der Waals surface area contributed by atoms with Gasteiger partial charge in [0.1, 0.15) is 0 Å². The minimum atomic E-state index is -1.02. The molecule has 1 heterocycles. The number of carbonyl (C=O) groups excluding carboxylic acids is 4. The van der Waals surface area contributed by atoms with E-state index in [0.717, 1.165) is 11.0 Å². The standard InChI is InChI=1S/C27H24FNO7/c1-12-9-20(31)17-11-16-14(22(24(17)25(12)34)13-4-7-19(30)18(28)10-13)5-6-15-23(16)27(36)29(26(15)35)8-2-3-21(32)33/h4-5,7,9-10,15-16,22-23,30H,2-3,6,8,11H2,1H3,(H,32,33). The average molecular weight is 493 g/mol. The van der Waals surface area contributed by atoms with Crippen molar-refractivity contribution in [2.75, 3.05) is 6.54 Å². The lowest BCUT2D eigenvalue weighted by Crippen LogP contribution is -2.40. The third kappa shape index (κ3) is 3.61. The van der Waals surface area contributed by atoms with Crippen LogP contribution in [0, 0.1) is 23.6 Å². The van der Waals surface area contributed by atoms with E-state index in [9.17, 15) is 33.5 Å². The molecule has 0 radical (unpaired) electrons. The van der Waals surface area contributed by atoms with E-state index in [0.29, 0.717) is 11.1 Å². The van der Waals surface area contributed by atoms with Crippen molar-refractivity contribution >= 4 is 29.4 Å². The Morgan fingerprint density at radius 3 is 2.58 bits per heavy atom. The van der Waals surface area contributed by atoms with Crippen molar-refractivity contribution in [1.82, 2.24) is 4.90 Å². The number of Topliss-reactive ketones (excluding diaryl/α,β-unsaturated/α-hetero) is 1. The van der Waals surface area contributed by atoms with Crippen LogP contribution in [0.2, 0.25) is 0 Å². The van der Waals surface area contributed by atoms with Crippen molar-refractivity contribution in [3.8, 4) is 5.75 Å². The molecular formula is C27H24FNO7. The summed E-state index contributed by atoms with van der Waals surface area (Å²) in [6.07, 6.45) is 3.40. The molecule has 1 aromatic rings. The van der Waals surface area contributed by atoms with E-state index in [1.165, 1.54) is 18.2 Å². The molecule has 5 rings (SSSR count). The van der Waals surface area contributed by atoms with Gasteiger partial charge in [0.2, 0.25) is 11.8 Å². The van der Waals surface area contributed by atoms with Crippen LogP contribution in [-0.4, -0.2) is 51.0 Å². The van der Waals surface area contributed by atoms with E-state index in [1.54, 1.807) is 6.92 Å². The second-order valence-corrected chi connectivity index (χ2v) is 9.76. The number of aromatic hydroxyl groups is 1. The zero-order chi connectivity index (χ0) is 25.9. The highest BCUT2D eigenvalue weighted by molar-refractivity contribution is 6.23. The Bertz CT molecular complexity index is 1340. The number of likely N-dealkylation sites (tertiary alicyclic amines) is 1. The number of halogens is 1. The Labute approximate surface area is 205 Å². The minimum absolute atomic E-state index is 0.00107. The van der Waals surface area contributed by atoms with Crippen molar-refractivity contribution in [2.24, 2.45) is 17.8 Å². The lowest BCUT2D eigenvalue weighted by molar-refractivity contribution is -0.142. The number of phenols is 1. The largest absolute Gasteiger partial charge is 0.505 e. The lowest BCUT2D eigenvalue weighted by Gasteiger charge is -2.42. The van der Waals surface area contributed by atoms with Gasteiger partial charge in [-0.1, -0.05) is 17.7 Å². The maximum atomic E-state index is 14.4. The fourth-order valence-corrected chi connectivity index (χ4v) is 6.12. The van der Waals surface area contributed by atoms with Gasteiger partial charge in [-0.05, 0) is 55.9 Å². The number of allylic oxidation sites excluding steroid dienone is 6. The summed E-state index contributed by atoms with van der Waals surface area (Å²) in [7, 11) is 0. The van der Waals surface area contributed by atoms with Gasteiger partial charge in [-0.15, -0.1) is 0 Å². The Morgan fingerprint density at radius 2 is 1.89 bits per heavy atom. The van der Waals surface area contributed by atoms with Crippen LogP contribution in [0.5, 0.6) is 5.75 Å². The number of aliphatic carboxylic acids is 1. The summed E-state index contributed by atoms with van der Waals surface area (Å²) >= 11 is 0. The summed E-state index contributed by atoms with van der Waals surface area (Å²) in [5, 5.41) is 18.6. The zero-order valence-electron chi connectivity index (χ0n) is 19.5. The van der Waals surface area contributed by atoms with Gasteiger partial charge in [0.15, 0.2) is 23.1 Å².